The van der Waals surface area contributed by atoms with Gasteiger partial charge in [-0.15, -0.1) is 0 Å². The van der Waals surface area contributed by atoms with Crippen LogP contribution in [0.1, 0.15) is 38.5 Å². The van der Waals surface area contributed by atoms with Gasteiger partial charge in [-0.1, -0.05) is 36.4 Å². The third-order valence-corrected chi connectivity index (χ3v) is 12.3. The van der Waals surface area contributed by atoms with Crippen LogP contribution in [0.4, 0.5) is 19.0 Å². The van der Waals surface area contributed by atoms with Gasteiger partial charge in [0.1, 0.15) is 35.6 Å². The van der Waals surface area contributed by atoms with E-state index in [2.05, 4.69) is 25.8 Å². The number of morpholine rings is 1. The second kappa shape index (κ2) is 14.7. The molecule has 5 fully saturated rings. The Morgan fingerprint density at radius 2 is 1.89 bits per heavy atom. The highest BCUT2D eigenvalue weighted by Crippen LogP contribution is 2.41. The molecule has 1 amide bonds. The van der Waals surface area contributed by atoms with Gasteiger partial charge in [-0.3, -0.25) is 19.6 Å². The second-order valence-electron chi connectivity index (χ2n) is 15.5. The first-order valence-electron chi connectivity index (χ1n) is 19.3. The van der Waals surface area contributed by atoms with Gasteiger partial charge in [0.2, 0.25) is 5.91 Å². The largest absolute Gasteiger partial charge is 0.461 e. The summed E-state index contributed by atoms with van der Waals surface area (Å²) in [6.07, 6.45) is 8.38. The van der Waals surface area contributed by atoms with Crippen LogP contribution in [-0.2, 0) is 9.53 Å². The Morgan fingerprint density at radius 3 is 2.71 bits per heavy atom. The van der Waals surface area contributed by atoms with Gasteiger partial charge in [0.15, 0.2) is 5.82 Å². The number of anilines is 1. The molecule has 7 heterocycles. The summed E-state index contributed by atoms with van der Waals surface area (Å²) >= 11 is 0. The zero-order valence-corrected chi connectivity index (χ0v) is 30.5. The normalized spacial score (nSPS) is 27.0. The number of piperazine rings is 1. The molecule has 5 aliphatic rings. The highest BCUT2D eigenvalue weighted by molar-refractivity contribution is 5.99. The monoisotopic (exact) mass is 752 g/mol. The van der Waals surface area contributed by atoms with E-state index < -0.39 is 29.4 Å². The zero-order valence-electron chi connectivity index (χ0n) is 30.5. The van der Waals surface area contributed by atoms with E-state index in [-0.39, 0.29) is 53.7 Å². The van der Waals surface area contributed by atoms with Gasteiger partial charge < -0.3 is 19.3 Å². The number of ether oxygens (including phenoxy) is 2. The topological polar surface area (TPSA) is 111 Å². The molecule has 55 heavy (non-hydrogen) atoms. The predicted octanol–water partition coefficient (Wildman–Crippen LogP) is 5.43. The Bertz CT molecular complexity index is 2180. The number of amides is 1. The Hall–Kier alpha value is -4.84. The number of benzene rings is 2. The van der Waals surface area contributed by atoms with Crippen molar-refractivity contribution in [3.05, 3.63) is 66.4 Å². The zero-order chi connectivity index (χ0) is 37.7. The number of carbonyl (C=O) groups excluding carboxylic acids is 1. The number of hydrogen-bond donors (Lipinski definition) is 0. The summed E-state index contributed by atoms with van der Waals surface area (Å²) in [6.45, 7) is 4.29. The summed E-state index contributed by atoms with van der Waals surface area (Å²) in [6, 6.07) is 12.3. The van der Waals surface area contributed by atoms with E-state index in [1.807, 2.05) is 11.0 Å². The van der Waals surface area contributed by atoms with Gasteiger partial charge in [-0.25, -0.2) is 13.2 Å². The van der Waals surface area contributed by atoms with E-state index in [1.54, 1.807) is 41.3 Å². The van der Waals surface area contributed by atoms with Crippen molar-refractivity contribution in [3.8, 4) is 23.3 Å². The van der Waals surface area contributed by atoms with Crippen LogP contribution in [0.25, 0.3) is 32.9 Å². The van der Waals surface area contributed by atoms with Gasteiger partial charge >= 0.3 is 6.01 Å². The Balaban J connectivity index is 1.04. The number of hydrogen-bond acceptors (Lipinski definition) is 10. The predicted molar refractivity (Wildman–Crippen MR) is 200 cm³/mol. The molecule has 0 radical (unpaired) electrons. The van der Waals surface area contributed by atoms with E-state index >= 15 is 8.78 Å². The molecule has 4 aromatic rings. The number of aromatic nitrogens is 3. The fraction of sp³-hybridized carbons (Fsp3) is 0.488. The number of nitriles is 1. The molecular formula is C41H43F3N8O3. The van der Waals surface area contributed by atoms with Crippen molar-refractivity contribution in [2.24, 2.45) is 0 Å². The minimum atomic E-state index is -0.954. The Kier molecular flexibility index (Phi) is 9.56. The molecule has 2 aromatic carbocycles. The maximum atomic E-state index is 16.9. The van der Waals surface area contributed by atoms with Crippen molar-refractivity contribution >= 4 is 33.4 Å². The lowest BCUT2D eigenvalue weighted by Gasteiger charge is -2.41. The molecule has 14 heteroatoms. The third kappa shape index (κ3) is 6.55. The van der Waals surface area contributed by atoms with Crippen LogP contribution >= 0.6 is 0 Å². The Labute approximate surface area is 317 Å². The van der Waals surface area contributed by atoms with Crippen molar-refractivity contribution in [1.29, 1.82) is 5.26 Å². The maximum absolute atomic E-state index is 16.9. The average Bonchev–Trinajstić information content (AvgIpc) is 3.78. The van der Waals surface area contributed by atoms with E-state index in [0.717, 1.165) is 45.4 Å². The van der Waals surface area contributed by atoms with Crippen LogP contribution in [0.3, 0.4) is 0 Å². The molecule has 0 N–H and O–H groups in total. The number of alkyl halides is 1. The summed E-state index contributed by atoms with van der Waals surface area (Å²) in [5.41, 5.74) is -0.318. The fourth-order valence-electron chi connectivity index (χ4n) is 9.66. The minimum absolute atomic E-state index is 0.0516. The quantitative estimate of drug-likeness (QED) is 0.206. The van der Waals surface area contributed by atoms with Crippen LogP contribution < -0.4 is 9.64 Å². The van der Waals surface area contributed by atoms with E-state index in [0.29, 0.717) is 61.3 Å². The van der Waals surface area contributed by atoms with Crippen LogP contribution in [0, 0.1) is 23.0 Å². The summed E-state index contributed by atoms with van der Waals surface area (Å²) in [7, 11) is 0. The summed E-state index contributed by atoms with van der Waals surface area (Å²) in [4.78, 5) is 35.7. The molecule has 5 atom stereocenters. The van der Waals surface area contributed by atoms with Crippen molar-refractivity contribution in [1.82, 2.24) is 29.7 Å². The molecule has 0 unspecified atom stereocenters. The number of pyridine rings is 1. The van der Waals surface area contributed by atoms with Gasteiger partial charge in [0.25, 0.3) is 0 Å². The van der Waals surface area contributed by atoms with Gasteiger partial charge in [-0.05, 0) is 43.7 Å². The first-order chi connectivity index (χ1) is 26.8. The molecule has 0 spiro atoms. The third-order valence-electron chi connectivity index (χ3n) is 12.3. The second-order valence-corrected chi connectivity index (χ2v) is 15.5. The van der Waals surface area contributed by atoms with Crippen molar-refractivity contribution in [2.75, 3.05) is 64.0 Å². The van der Waals surface area contributed by atoms with Crippen molar-refractivity contribution in [3.63, 3.8) is 0 Å². The lowest BCUT2D eigenvalue weighted by Crippen LogP contribution is -2.55. The van der Waals surface area contributed by atoms with E-state index in [9.17, 15) is 14.4 Å². The molecule has 2 bridgehead atoms. The number of rotatable bonds is 9. The molecular weight excluding hydrogens is 709 g/mol. The SMILES string of the molecule is N#CC[C@H]1CN(c2nc(OC[C@@]34CCCN3C[C@H](F)C4)nc3c(F)c(-c4cccc5cccc(F)c45)ncc23)CCN1C(=O)/C=C/CN1[C@@H]2CC[C@H]1COC2. The lowest BCUT2D eigenvalue weighted by atomic mass is 9.95. The van der Waals surface area contributed by atoms with Gasteiger partial charge in [0, 0.05) is 74.5 Å². The summed E-state index contributed by atoms with van der Waals surface area (Å²) in [5.74, 6) is -1.07. The van der Waals surface area contributed by atoms with E-state index in [4.69, 9.17) is 14.5 Å². The first-order valence-corrected chi connectivity index (χ1v) is 19.3. The van der Waals surface area contributed by atoms with Crippen LogP contribution in [0.2, 0.25) is 0 Å². The molecule has 5 saturated heterocycles. The smallest absolute Gasteiger partial charge is 0.319 e. The molecule has 0 aliphatic carbocycles. The molecule has 286 valence electrons. The van der Waals surface area contributed by atoms with Crippen LogP contribution in [-0.4, -0.2) is 124 Å². The van der Waals surface area contributed by atoms with Crippen LogP contribution in [0.5, 0.6) is 6.01 Å². The molecule has 5 aliphatic heterocycles. The van der Waals surface area contributed by atoms with Gasteiger partial charge in [0.05, 0.1) is 42.7 Å². The average molecular weight is 753 g/mol. The lowest BCUT2D eigenvalue weighted by molar-refractivity contribution is -0.128. The Morgan fingerprint density at radius 1 is 1.07 bits per heavy atom. The standard InChI is InChI=1S/C41H43F3N8O3/c42-27-19-41(13-4-15-50(41)21-27)25-55-40-47-38-32(20-46-37(36(38)44)31-7-1-5-26-6-2-8-33(43)35(26)31)39(48-40)49-17-18-52(28(22-49)12-14-45)34(53)9-3-16-51-29-10-11-30(51)24-54-23-29/h1-3,5-9,20,27-30H,4,10-13,15-19,21-25H2/b9-3+/t27-,28+,29-,30+,41+/m1/s1. The molecule has 0 saturated carbocycles. The highest BCUT2D eigenvalue weighted by Gasteiger charge is 2.49. The highest BCUT2D eigenvalue weighted by atomic mass is 19.1. The maximum Gasteiger partial charge on any atom is 0.319 e. The number of fused-ring (bicyclic) bond motifs is 5. The number of halogens is 3. The number of carbonyl (C=O) groups is 1. The van der Waals surface area contributed by atoms with Crippen molar-refractivity contribution < 1.29 is 27.4 Å². The van der Waals surface area contributed by atoms with Gasteiger partial charge in [-0.2, -0.15) is 15.2 Å². The molecule has 2 aromatic heterocycles. The molecule has 9 rings (SSSR count). The van der Waals surface area contributed by atoms with E-state index in [1.165, 1.54) is 12.3 Å². The first kappa shape index (κ1) is 35.8. The summed E-state index contributed by atoms with van der Waals surface area (Å²) in [5, 5.41) is 11.0. The van der Waals surface area contributed by atoms with Crippen molar-refractivity contribution in [2.45, 2.75) is 68.4 Å². The summed E-state index contributed by atoms with van der Waals surface area (Å²) < 4.78 is 58.7. The van der Waals surface area contributed by atoms with Crippen LogP contribution in [0.15, 0.2) is 54.7 Å². The fourth-order valence-corrected chi connectivity index (χ4v) is 9.66. The molecule has 11 nitrogen and oxygen atoms in total. The number of nitrogens with zero attached hydrogens (tertiary/aromatic N) is 8. The minimum Gasteiger partial charge on any atom is -0.461 e.